The minimum Gasteiger partial charge on any atom is -0.480 e. The van der Waals surface area contributed by atoms with Crippen LogP contribution in [-0.2, 0) is 9.59 Å². The lowest BCUT2D eigenvalue weighted by Gasteiger charge is -2.28. The van der Waals surface area contributed by atoms with Gasteiger partial charge in [0.05, 0.1) is 0 Å². The molecule has 0 aromatic heterocycles. The normalized spacial score (nSPS) is 27.9. The van der Waals surface area contributed by atoms with E-state index < -0.39 is 12.0 Å². The first-order chi connectivity index (χ1) is 9.68. The molecular formula is C15H26N2O3. The fraction of sp³-hybridized carbons (Fsp3) is 0.867. The summed E-state index contributed by atoms with van der Waals surface area (Å²) in [5.74, 6) is -0.831. The minimum absolute atomic E-state index is 0.0201. The molecule has 5 nitrogen and oxygen atoms in total. The van der Waals surface area contributed by atoms with Gasteiger partial charge < -0.3 is 15.3 Å². The lowest BCUT2D eigenvalue weighted by atomic mass is 10.00. The molecule has 5 heteroatoms. The van der Waals surface area contributed by atoms with E-state index in [1.54, 1.807) is 4.90 Å². The van der Waals surface area contributed by atoms with Crippen LogP contribution in [0.15, 0.2) is 0 Å². The van der Waals surface area contributed by atoms with E-state index in [4.69, 9.17) is 0 Å². The van der Waals surface area contributed by atoms with E-state index in [0.717, 1.165) is 38.6 Å². The monoisotopic (exact) mass is 282 g/mol. The molecule has 1 amide bonds. The number of carboxylic acids is 1. The van der Waals surface area contributed by atoms with Gasteiger partial charge in [-0.2, -0.15) is 0 Å². The Morgan fingerprint density at radius 3 is 2.60 bits per heavy atom. The van der Waals surface area contributed by atoms with Gasteiger partial charge in [-0.3, -0.25) is 4.79 Å². The van der Waals surface area contributed by atoms with Crippen molar-refractivity contribution in [3.05, 3.63) is 0 Å². The van der Waals surface area contributed by atoms with Crippen LogP contribution in [0.4, 0.5) is 0 Å². The van der Waals surface area contributed by atoms with Crippen molar-refractivity contribution in [2.75, 3.05) is 13.1 Å². The Hall–Kier alpha value is -1.10. The second-order valence-electron chi connectivity index (χ2n) is 5.98. The average Bonchev–Trinajstić information content (AvgIpc) is 2.71. The van der Waals surface area contributed by atoms with E-state index in [1.807, 2.05) is 0 Å². The molecule has 0 aliphatic carbocycles. The topological polar surface area (TPSA) is 69.6 Å². The van der Waals surface area contributed by atoms with Gasteiger partial charge in [-0.1, -0.05) is 19.3 Å². The molecule has 2 aliphatic rings. The number of hydrogen-bond donors (Lipinski definition) is 2. The van der Waals surface area contributed by atoms with Crippen LogP contribution in [0, 0.1) is 0 Å². The van der Waals surface area contributed by atoms with Crippen molar-refractivity contribution in [3.63, 3.8) is 0 Å². The number of aliphatic carboxylic acids is 1. The summed E-state index contributed by atoms with van der Waals surface area (Å²) in [5.41, 5.74) is 0. The summed E-state index contributed by atoms with van der Waals surface area (Å²) < 4.78 is 0. The number of rotatable bonds is 4. The van der Waals surface area contributed by atoms with Crippen molar-refractivity contribution in [1.82, 2.24) is 10.2 Å². The fourth-order valence-electron chi connectivity index (χ4n) is 3.28. The number of amides is 1. The van der Waals surface area contributed by atoms with Crippen LogP contribution in [0.1, 0.15) is 57.8 Å². The zero-order chi connectivity index (χ0) is 14.4. The summed E-state index contributed by atoms with van der Waals surface area (Å²) in [4.78, 5) is 25.3. The molecule has 2 saturated heterocycles. The Labute approximate surface area is 120 Å². The maximum absolute atomic E-state index is 12.3. The lowest BCUT2D eigenvalue weighted by molar-refractivity contribution is -0.150. The van der Waals surface area contributed by atoms with E-state index in [1.165, 1.54) is 12.8 Å². The van der Waals surface area contributed by atoms with Gasteiger partial charge in [0, 0.05) is 19.0 Å². The zero-order valence-electron chi connectivity index (χ0n) is 12.1. The maximum Gasteiger partial charge on any atom is 0.326 e. The first kappa shape index (κ1) is 15.3. The third-order valence-corrected chi connectivity index (χ3v) is 4.48. The van der Waals surface area contributed by atoms with Crippen molar-refractivity contribution in [2.24, 2.45) is 0 Å². The Kier molecular flexibility index (Phi) is 5.83. The number of carbonyl (C=O) groups excluding carboxylic acids is 1. The summed E-state index contributed by atoms with van der Waals surface area (Å²) in [6.07, 6.45) is 8.35. The highest BCUT2D eigenvalue weighted by Gasteiger charge is 2.30. The number of nitrogens with one attached hydrogen (secondary N) is 1. The van der Waals surface area contributed by atoms with E-state index in [2.05, 4.69) is 5.32 Å². The van der Waals surface area contributed by atoms with Crippen molar-refractivity contribution in [1.29, 1.82) is 0 Å². The third kappa shape index (κ3) is 4.20. The first-order valence-corrected chi connectivity index (χ1v) is 7.94. The van der Waals surface area contributed by atoms with Gasteiger partial charge in [0.1, 0.15) is 6.04 Å². The number of piperidine rings is 1. The third-order valence-electron chi connectivity index (χ3n) is 4.48. The van der Waals surface area contributed by atoms with Crippen LogP contribution in [-0.4, -0.2) is 47.1 Å². The molecule has 20 heavy (non-hydrogen) atoms. The van der Waals surface area contributed by atoms with E-state index in [-0.39, 0.29) is 5.91 Å². The predicted molar refractivity (Wildman–Crippen MR) is 76.5 cm³/mol. The molecule has 2 heterocycles. The van der Waals surface area contributed by atoms with E-state index in [9.17, 15) is 14.7 Å². The quantitative estimate of drug-likeness (QED) is 0.824. The molecule has 2 N–H and O–H groups in total. The number of nitrogens with zero attached hydrogens (tertiary/aromatic N) is 1. The van der Waals surface area contributed by atoms with Gasteiger partial charge in [0.15, 0.2) is 0 Å². The van der Waals surface area contributed by atoms with Gasteiger partial charge >= 0.3 is 5.97 Å². The molecule has 2 aliphatic heterocycles. The first-order valence-electron chi connectivity index (χ1n) is 7.94. The van der Waals surface area contributed by atoms with Crippen LogP contribution in [0.3, 0.4) is 0 Å². The summed E-state index contributed by atoms with van der Waals surface area (Å²) in [5, 5.41) is 12.7. The Balaban J connectivity index is 1.86. The lowest BCUT2D eigenvalue weighted by Crippen LogP contribution is -2.45. The van der Waals surface area contributed by atoms with E-state index in [0.29, 0.717) is 25.4 Å². The average molecular weight is 282 g/mol. The van der Waals surface area contributed by atoms with Crippen LogP contribution < -0.4 is 5.32 Å². The number of carbonyl (C=O) groups is 2. The Bertz CT molecular complexity index is 340. The van der Waals surface area contributed by atoms with Crippen molar-refractivity contribution >= 4 is 11.9 Å². The number of hydrogen-bond acceptors (Lipinski definition) is 3. The van der Waals surface area contributed by atoms with Crippen LogP contribution in [0.25, 0.3) is 0 Å². The van der Waals surface area contributed by atoms with Gasteiger partial charge in [-0.05, 0) is 38.6 Å². The summed E-state index contributed by atoms with van der Waals surface area (Å²) >= 11 is 0. The van der Waals surface area contributed by atoms with E-state index >= 15 is 0 Å². The predicted octanol–water partition coefficient (Wildman–Crippen LogP) is 1.76. The van der Waals surface area contributed by atoms with Crippen molar-refractivity contribution in [2.45, 2.75) is 69.9 Å². The second-order valence-corrected chi connectivity index (χ2v) is 5.98. The summed E-state index contributed by atoms with van der Waals surface area (Å²) in [6.45, 7) is 1.65. The van der Waals surface area contributed by atoms with Crippen LogP contribution in [0.5, 0.6) is 0 Å². The molecule has 2 rings (SSSR count). The van der Waals surface area contributed by atoms with Gasteiger partial charge in [-0.25, -0.2) is 4.79 Å². The minimum atomic E-state index is -0.851. The molecule has 0 saturated carbocycles. The number of carboxylic acid groups (broad SMARTS) is 1. The molecule has 0 spiro atoms. The maximum atomic E-state index is 12.3. The van der Waals surface area contributed by atoms with Gasteiger partial charge in [0.25, 0.3) is 0 Å². The van der Waals surface area contributed by atoms with Gasteiger partial charge in [-0.15, -0.1) is 0 Å². The molecule has 0 radical (unpaired) electrons. The molecule has 2 fully saturated rings. The highest BCUT2D eigenvalue weighted by Crippen LogP contribution is 2.19. The number of likely N-dealkylation sites (tertiary alicyclic amines) is 1. The summed E-state index contributed by atoms with van der Waals surface area (Å²) in [6, 6.07) is -0.174. The van der Waals surface area contributed by atoms with Gasteiger partial charge in [0.2, 0.25) is 5.91 Å². The smallest absolute Gasteiger partial charge is 0.326 e. The molecule has 0 aromatic carbocycles. The Morgan fingerprint density at radius 1 is 1.10 bits per heavy atom. The molecule has 0 aromatic rings. The SMILES string of the molecule is O=C(O)C1CCCCCN1C(=O)CCC1CCCCN1. The highest BCUT2D eigenvalue weighted by atomic mass is 16.4. The van der Waals surface area contributed by atoms with Crippen molar-refractivity contribution in [3.8, 4) is 0 Å². The Morgan fingerprint density at radius 2 is 1.90 bits per heavy atom. The van der Waals surface area contributed by atoms with Crippen LogP contribution in [0.2, 0.25) is 0 Å². The molecule has 2 atom stereocenters. The largest absolute Gasteiger partial charge is 0.480 e. The molecular weight excluding hydrogens is 256 g/mol. The molecule has 114 valence electrons. The highest BCUT2D eigenvalue weighted by molar-refractivity contribution is 5.83. The fourth-order valence-corrected chi connectivity index (χ4v) is 3.28. The second kappa shape index (κ2) is 7.62. The summed E-state index contributed by atoms with van der Waals surface area (Å²) in [7, 11) is 0. The van der Waals surface area contributed by atoms with Crippen molar-refractivity contribution < 1.29 is 14.7 Å². The molecule has 0 bridgehead atoms. The zero-order valence-corrected chi connectivity index (χ0v) is 12.1. The molecule has 2 unspecified atom stereocenters. The standard InChI is InChI=1S/C15H26N2O3/c18-14(9-8-12-6-3-4-10-16-12)17-11-5-1-2-7-13(17)15(19)20/h12-13,16H,1-11H2,(H,19,20). The van der Waals surface area contributed by atoms with Crippen LogP contribution >= 0.6 is 0 Å².